The van der Waals surface area contributed by atoms with Crippen LogP contribution in [0.2, 0.25) is 0 Å². The van der Waals surface area contributed by atoms with Crippen molar-refractivity contribution in [3.05, 3.63) is 10.9 Å². The minimum Gasteiger partial charge on any atom is -0.268 e. The summed E-state index contributed by atoms with van der Waals surface area (Å²) in [6, 6.07) is 0. The first-order chi connectivity index (χ1) is 6.33. The molecule has 2 aromatic rings. The molecule has 0 aromatic carbocycles. The van der Waals surface area contributed by atoms with Gasteiger partial charge in [-0.05, 0) is 21.7 Å². The third-order valence-corrected chi connectivity index (χ3v) is 3.00. The first-order valence-corrected chi connectivity index (χ1v) is 5.58. The second kappa shape index (κ2) is 3.63. The fourth-order valence-electron chi connectivity index (χ4n) is 1.04. The summed E-state index contributed by atoms with van der Waals surface area (Å²) in [5, 5.41) is 8.78. The average Bonchev–Trinajstić information content (AvgIpc) is 2.50. The van der Waals surface area contributed by atoms with Crippen LogP contribution in [0.1, 0.15) is 6.92 Å². The minimum atomic E-state index is 0.706. The molecule has 2 aromatic heterocycles. The molecule has 2 rings (SSSR count). The molecule has 0 spiro atoms. The van der Waals surface area contributed by atoms with Crippen molar-refractivity contribution in [3.63, 3.8) is 0 Å². The van der Waals surface area contributed by atoms with Crippen molar-refractivity contribution in [2.45, 2.75) is 11.9 Å². The summed E-state index contributed by atoms with van der Waals surface area (Å²) in [7, 11) is 0. The second-order valence-corrected chi connectivity index (χ2v) is 4.39. The van der Waals surface area contributed by atoms with Crippen molar-refractivity contribution in [1.82, 2.24) is 20.2 Å². The van der Waals surface area contributed by atoms with Crippen LogP contribution in [-0.2, 0) is 0 Å². The van der Waals surface area contributed by atoms with Crippen molar-refractivity contribution in [3.8, 4) is 0 Å². The summed E-state index contributed by atoms with van der Waals surface area (Å²) in [5.41, 5.74) is 0.706. The molecule has 0 saturated carbocycles. The second-order valence-electron chi connectivity index (χ2n) is 2.35. The molecule has 0 unspecified atom stereocenters. The Labute approximate surface area is 87.7 Å². The normalized spacial score (nSPS) is 10.9. The molecule has 0 aliphatic carbocycles. The Morgan fingerprint density at radius 1 is 1.54 bits per heavy atom. The predicted molar refractivity (Wildman–Crippen MR) is 55.8 cm³/mol. The Morgan fingerprint density at radius 3 is 3.15 bits per heavy atom. The number of nitrogens with zero attached hydrogens (tertiary/aromatic N) is 3. The van der Waals surface area contributed by atoms with Crippen molar-refractivity contribution in [2.75, 3.05) is 5.75 Å². The lowest BCUT2D eigenvalue weighted by atomic mass is 10.4. The Hall–Kier alpha value is -0.620. The quantitative estimate of drug-likeness (QED) is 0.663. The van der Waals surface area contributed by atoms with E-state index < -0.39 is 0 Å². The molecule has 0 aliphatic rings. The molecule has 0 radical (unpaired) electrons. The zero-order valence-electron chi connectivity index (χ0n) is 6.91. The average molecular weight is 259 g/mol. The van der Waals surface area contributed by atoms with Gasteiger partial charge < -0.3 is 0 Å². The number of thioether (sulfide) groups is 1. The highest BCUT2D eigenvalue weighted by atomic mass is 79.9. The lowest BCUT2D eigenvalue weighted by Crippen LogP contribution is -1.85. The number of hydrogen-bond donors (Lipinski definition) is 1. The van der Waals surface area contributed by atoms with Gasteiger partial charge in [0.2, 0.25) is 0 Å². The molecule has 2 heterocycles. The van der Waals surface area contributed by atoms with Crippen LogP contribution in [0, 0.1) is 0 Å². The van der Waals surface area contributed by atoms with E-state index in [1.807, 2.05) is 0 Å². The van der Waals surface area contributed by atoms with Crippen LogP contribution in [0.3, 0.4) is 0 Å². The lowest BCUT2D eigenvalue weighted by Gasteiger charge is -1.97. The lowest BCUT2D eigenvalue weighted by molar-refractivity contribution is 1.06. The molecule has 13 heavy (non-hydrogen) atoms. The van der Waals surface area contributed by atoms with Gasteiger partial charge in [-0.1, -0.05) is 6.92 Å². The van der Waals surface area contributed by atoms with E-state index in [2.05, 4.69) is 43.0 Å². The number of aromatic amines is 1. The zero-order chi connectivity index (χ0) is 9.26. The van der Waals surface area contributed by atoms with Crippen LogP contribution in [-0.4, -0.2) is 25.9 Å². The van der Waals surface area contributed by atoms with Gasteiger partial charge in [-0.25, -0.2) is 9.97 Å². The van der Waals surface area contributed by atoms with Crippen LogP contribution in [0.4, 0.5) is 0 Å². The predicted octanol–water partition coefficient (Wildman–Crippen LogP) is 2.23. The molecule has 68 valence electrons. The molecule has 0 aliphatic heterocycles. The highest BCUT2D eigenvalue weighted by Crippen LogP contribution is 2.28. The van der Waals surface area contributed by atoms with Crippen LogP contribution < -0.4 is 0 Å². The minimum absolute atomic E-state index is 0.706. The molecule has 0 bridgehead atoms. The van der Waals surface area contributed by atoms with E-state index in [1.165, 1.54) is 6.33 Å². The number of halogens is 1. The van der Waals surface area contributed by atoms with Gasteiger partial charge in [0.1, 0.15) is 16.0 Å². The van der Waals surface area contributed by atoms with Gasteiger partial charge in [-0.15, -0.1) is 11.8 Å². The molecule has 0 fully saturated rings. The highest BCUT2D eigenvalue weighted by molar-refractivity contribution is 9.10. The van der Waals surface area contributed by atoms with Gasteiger partial charge in [0.05, 0.1) is 5.39 Å². The largest absolute Gasteiger partial charge is 0.268 e. The van der Waals surface area contributed by atoms with Gasteiger partial charge in [-0.3, -0.25) is 5.10 Å². The summed E-state index contributed by atoms with van der Waals surface area (Å²) in [6.07, 6.45) is 1.54. The van der Waals surface area contributed by atoms with Gasteiger partial charge >= 0.3 is 0 Å². The van der Waals surface area contributed by atoms with Crippen molar-refractivity contribution < 1.29 is 0 Å². The molecule has 0 amide bonds. The molecule has 0 saturated heterocycles. The maximum absolute atomic E-state index is 4.19. The summed E-state index contributed by atoms with van der Waals surface area (Å²) in [6.45, 7) is 2.09. The van der Waals surface area contributed by atoms with E-state index in [0.717, 1.165) is 20.8 Å². The van der Waals surface area contributed by atoms with E-state index in [0.29, 0.717) is 5.65 Å². The van der Waals surface area contributed by atoms with Gasteiger partial charge in [0, 0.05) is 0 Å². The molecule has 6 heteroatoms. The van der Waals surface area contributed by atoms with Crippen LogP contribution in [0.25, 0.3) is 11.0 Å². The highest BCUT2D eigenvalue weighted by Gasteiger charge is 2.09. The standard InChI is InChI=1S/C7H7BrN4S/c1-2-13-7-4-5(8)11-12-6(4)9-3-10-7/h3H,2H2,1H3,(H,9,10,11,12). The van der Waals surface area contributed by atoms with Crippen LogP contribution >= 0.6 is 27.7 Å². The van der Waals surface area contributed by atoms with E-state index in [-0.39, 0.29) is 0 Å². The van der Waals surface area contributed by atoms with Crippen molar-refractivity contribution >= 4 is 38.7 Å². The first-order valence-electron chi connectivity index (χ1n) is 3.80. The first kappa shape index (κ1) is 8.96. The maximum Gasteiger partial charge on any atom is 0.186 e. The third-order valence-electron chi connectivity index (χ3n) is 1.55. The number of fused-ring (bicyclic) bond motifs is 1. The molecule has 1 N–H and O–H groups in total. The molecular formula is C7H7BrN4S. The van der Waals surface area contributed by atoms with E-state index in [9.17, 15) is 0 Å². The molecule has 0 atom stereocenters. The number of rotatable bonds is 2. The number of hydrogen-bond acceptors (Lipinski definition) is 4. The Kier molecular flexibility index (Phi) is 2.50. The monoisotopic (exact) mass is 258 g/mol. The maximum atomic E-state index is 4.19. The fourth-order valence-corrected chi connectivity index (χ4v) is 2.36. The summed E-state index contributed by atoms with van der Waals surface area (Å²) in [5.74, 6) is 0.990. The van der Waals surface area contributed by atoms with Crippen molar-refractivity contribution in [1.29, 1.82) is 0 Å². The van der Waals surface area contributed by atoms with Crippen LogP contribution in [0.5, 0.6) is 0 Å². The summed E-state index contributed by atoms with van der Waals surface area (Å²) in [4.78, 5) is 8.24. The Bertz CT molecular complexity index is 427. The SMILES string of the molecule is CCSc1ncnc2n[nH]c(Br)c12. The topological polar surface area (TPSA) is 54.5 Å². The molecule has 4 nitrogen and oxygen atoms in total. The van der Waals surface area contributed by atoms with E-state index >= 15 is 0 Å². The third kappa shape index (κ3) is 1.55. The molecular weight excluding hydrogens is 252 g/mol. The Morgan fingerprint density at radius 2 is 2.38 bits per heavy atom. The smallest absolute Gasteiger partial charge is 0.186 e. The van der Waals surface area contributed by atoms with Gasteiger partial charge in [-0.2, -0.15) is 5.10 Å². The number of aromatic nitrogens is 4. The fraction of sp³-hybridized carbons (Fsp3) is 0.286. The zero-order valence-corrected chi connectivity index (χ0v) is 9.31. The Balaban J connectivity index is 2.65. The van der Waals surface area contributed by atoms with Gasteiger partial charge in [0.15, 0.2) is 5.65 Å². The van der Waals surface area contributed by atoms with E-state index in [1.54, 1.807) is 11.8 Å². The number of H-pyrrole nitrogens is 1. The number of nitrogens with one attached hydrogen (secondary N) is 1. The van der Waals surface area contributed by atoms with E-state index in [4.69, 9.17) is 0 Å². The summed E-state index contributed by atoms with van der Waals surface area (Å²) >= 11 is 5.06. The van der Waals surface area contributed by atoms with Crippen LogP contribution in [0.15, 0.2) is 16.0 Å². The van der Waals surface area contributed by atoms with Gasteiger partial charge in [0.25, 0.3) is 0 Å². The van der Waals surface area contributed by atoms with Crippen molar-refractivity contribution in [2.24, 2.45) is 0 Å². The summed E-state index contributed by atoms with van der Waals surface area (Å²) < 4.78 is 0.846.